The first-order valence-corrected chi connectivity index (χ1v) is 6.01. The number of carbonyl (C=O) groups is 1. The number of carbonyl (C=O) groups excluding carboxylic acids is 1. The summed E-state index contributed by atoms with van der Waals surface area (Å²) in [6, 6.07) is 1.05. The largest absolute Gasteiger partial charge is 0.469 e. The number of hydrogen-bond donors (Lipinski definition) is 1. The van der Waals surface area contributed by atoms with Crippen molar-refractivity contribution < 1.29 is 9.53 Å². The lowest BCUT2D eigenvalue weighted by Crippen LogP contribution is -2.41. The Morgan fingerprint density at radius 3 is 2.87 bits per heavy atom. The third-order valence-electron chi connectivity index (χ3n) is 3.34. The van der Waals surface area contributed by atoms with Crippen molar-refractivity contribution in [2.75, 3.05) is 7.11 Å². The van der Waals surface area contributed by atoms with Crippen LogP contribution >= 0.6 is 0 Å². The van der Waals surface area contributed by atoms with Crippen molar-refractivity contribution >= 4 is 5.97 Å². The number of methoxy groups -OCH3 is 1. The first-order valence-electron chi connectivity index (χ1n) is 6.01. The summed E-state index contributed by atoms with van der Waals surface area (Å²) in [4.78, 5) is 11.4. The Bertz CT molecular complexity index is 206. The molecule has 1 aliphatic carbocycles. The second-order valence-electron chi connectivity index (χ2n) is 4.56. The third kappa shape index (κ3) is 3.82. The Hall–Kier alpha value is -0.570. The second-order valence-corrected chi connectivity index (χ2v) is 4.56. The molecule has 0 heterocycles. The van der Waals surface area contributed by atoms with Crippen LogP contribution in [0.25, 0.3) is 0 Å². The van der Waals surface area contributed by atoms with Gasteiger partial charge in [-0.2, -0.15) is 0 Å². The van der Waals surface area contributed by atoms with Gasteiger partial charge in [0.05, 0.1) is 13.0 Å². The van der Waals surface area contributed by atoms with E-state index in [4.69, 9.17) is 4.74 Å². The molecule has 1 aliphatic rings. The Labute approximate surface area is 92.6 Å². The average molecular weight is 213 g/mol. The normalized spacial score (nSPS) is 28.5. The average Bonchev–Trinajstić information content (AvgIpc) is 2.28. The van der Waals surface area contributed by atoms with Crippen LogP contribution in [-0.4, -0.2) is 25.2 Å². The van der Waals surface area contributed by atoms with Crippen molar-refractivity contribution in [3.63, 3.8) is 0 Å². The van der Waals surface area contributed by atoms with Crippen molar-refractivity contribution in [3.05, 3.63) is 0 Å². The maximum atomic E-state index is 11.4. The standard InChI is InChI=1S/C12H23NO2/c1-4-9(2)13-11-7-5-6-10(8-11)12(14)15-3/h9-11,13H,4-8H2,1-3H3. The molecule has 1 fully saturated rings. The van der Waals surface area contributed by atoms with Gasteiger partial charge in [-0.1, -0.05) is 13.3 Å². The van der Waals surface area contributed by atoms with Crippen molar-refractivity contribution in [3.8, 4) is 0 Å². The summed E-state index contributed by atoms with van der Waals surface area (Å²) < 4.78 is 4.80. The van der Waals surface area contributed by atoms with Gasteiger partial charge in [0.15, 0.2) is 0 Å². The summed E-state index contributed by atoms with van der Waals surface area (Å²) in [7, 11) is 1.48. The van der Waals surface area contributed by atoms with Crippen molar-refractivity contribution in [2.45, 2.75) is 58.0 Å². The molecule has 3 nitrogen and oxygen atoms in total. The van der Waals surface area contributed by atoms with E-state index in [-0.39, 0.29) is 11.9 Å². The minimum atomic E-state index is -0.0364. The maximum absolute atomic E-state index is 11.4. The summed E-state index contributed by atoms with van der Waals surface area (Å²) in [6.45, 7) is 4.38. The lowest BCUT2D eigenvalue weighted by Gasteiger charge is -2.30. The van der Waals surface area contributed by atoms with Gasteiger partial charge in [-0.15, -0.1) is 0 Å². The van der Waals surface area contributed by atoms with Gasteiger partial charge < -0.3 is 10.1 Å². The highest BCUT2D eigenvalue weighted by molar-refractivity contribution is 5.72. The van der Waals surface area contributed by atoms with Crippen LogP contribution in [0.15, 0.2) is 0 Å². The molecule has 15 heavy (non-hydrogen) atoms. The molecule has 0 saturated heterocycles. The molecule has 0 radical (unpaired) electrons. The molecular weight excluding hydrogens is 190 g/mol. The molecule has 0 aromatic rings. The van der Waals surface area contributed by atoms with Crippen LogP contribution in [0.2, 0.25) is 0 Å². The zero-order valence-electron chi connectivity index (χ0n) is 10.1. The number of hydrogen-bond acceptors (Lipinski definition) is 3. The summed E-state index contributed by atoms with van der Waals surface area (Å²) in [5.74, 6) is 0.0796. The van der Waals surface area contributed by atoms with Crippen molar-refractivity contribution in [1.29, 1.82) is 0 Å². The van der Waals surface area contributed by atoms with Crippen LogP contribution in [0.4, 0.5) is 0 Å². The van der Waals surface area contributed by atoms with Gasteiger partial charge in [0.2, 0.25) is 0 Å². The molecular formula is C12H23NO2. The van der Waals surface area contributed by atoms with Crippen LogP contribution in [0, 0.1) is 5.92 Å². The smallest absolute Gasteiger partial charge is 0.308 e. The van der Waals surface area contributed by atoms with Gasteiger partial charge in [0.25, 0.3) is 0 Å². The molecule has 1 rings (SSSR count). The Morgan fingerprint density at radius 1 is 1.53 bits per heavy atom. The monoisotopic (exact) mass is 213 g/mol. The van der Waals surface area contributed by atoms with Gasteiger partial charge in [-0.25, -0.2) is 0 Å². The molecule has 0 bridgehead atoms. The number of nitrogens with one attached hydrogen (secondary N) is 1. The lowest BCUT2D eigenvalue weighted by molar-refractivity contribution is -0.146. The van der Waals surface area contributed by atoms with Gasteiger partial charge in [0.1, 0.15) is 0 Å². The summed E-state index contributed by atoms with van der Waals surface area (Å²) in [5, 5.41) is 3.57. The molecule has 3 atom stereocenters. The van der Waals surface area contributed by atoms with Crippen LogP contribution in [0.5, 0.6) is 0 Å². The van der Waals surface area contributed by atoms with E-state index < -0.39 is 0 Å². The fraction of sp³-hybridized carbons (Fsp3) is 0.917. The third-order valence-corrected chi connectivity index (χ3v) is 3.34. The highest BCUT2D eigenvalue weighted by atomic mass is 16.5. The molecule has 0 aliphatic heterocycles. The Morgan fingerprint density at radius 2 is 2.27 bits per heavy atom. The molecule has 1 saturated carbocycles. The second kappa shape index (κ2) is 6.11. The fourth-order valence-corrected chi connectivity index (χ4v) is 2.24. The van der Waals surface area contributed by atoms with Gasteiger partial charge in [-0.3, -0.25) is 4.79 Å². The number of ether oxygens (including phenoxy) is 1. The predicted molar refractivity (Wildman–Crippen MR) is 60.7 cm³/mol. The van der Waals surface area contributed by atoms with Crippen LogP contribution in [0.1, 0.15) is 46.0 Å². The topological polar surface area (TPSA) is 38.3 Å². The quantitative estimate of drug-likeness (QED) is 0.727. The highest BCUT2D eigenvalue weighted by Gasteiger charge is 2.28. The first-order chi connectivity index (χ1) is 7.17. The number of esters is 1. The van der Waals surface area contributed by atoms with E-state index in [2.05, 4.69) is 19.2 Å². The van der Waals surface area contributed by atoms with E-state index in [0.717, 1.165) is 25.7 Å². The van der Waals surface area contributed by atoms with E-state index in [1.54, 1.807) is 0 Å². The minimum absolute atomic E-state index is 0.0364. The molecule has 0 aromatic carbocycles. The maximum Gasteiger partial charge on any atom is 0.308 e. The summed E-state index contributed by atoms with van der Waals surface area (Å²) >= 11 is 0. The molecule has 1 N–H and O–H groups in total. The Balaban J connectivity index is 2.38. The van der Waals surface area contributed by atoms with Crippen molar-refractivity contribution in [2.24, 2.45) is 5.92 Å². The summed E-state index contributed by atoms with van der Waals surface area (Å²) in [6.07, 6.45) is 5.40. The molecule has 0 amide bonds. The van der Waals surface area contributed by atoms with Gasteiger partial charge >= 0.3 is 5.97 Å². The fourth-order valence-electron chi connectivity index (χ4n) is 2.24. The molecule has 0 spiro atoms. The first kappa shape index (κ1) is 12.5. The van der Waals surface area contributed by atoms with Crippen molar-refractivity contribution in [1.82, 2.24) is 5.32 Å². The predicted octanol–water partition coefficient (Wildman–Crippen LogP) is 2.11. The van der Waals surface area contributed by atoms with E-state index in [0.29, 0.717) is 12.1 Å². The van der Waals surface area contributed by atoms with Crippen LogP contribution < -0.4 is 5.32 Å². The lowest BCUT2D eigenvalue weighted by atomic mass is 9.85. The molecule has 0 aromatic heterocycles. The van der Waals surface area contributed by atoms with E-state index >= 15 is 0 Å². The SMILES string of the molecule is CCC(C)NC1CCCC(C(=O)OC)C1. The Kier molecular flexibility index (Phi) is 5.09. The van der Waals surface area contributed by atoms with Crippen LogP contribution in [-0.2, 0) is 9.53 Å². The van der Waals surface area contributed by atoms with Crippen LogP contribution in [0.3, 0.4) is 0 Å². The number of rotatable bonds is 4. The van der Waals surface area contributed by atoms with Gasteiger partial charge in [-0.05, 0) is 32.6 Å². The van der Waals surface area contributed by atoms with Gasteiger partial charge in [0, 0.05) is 12.1 Å². The zero-order chi connectivity index (χ0) is 11.3. The van der Waals surface area contributed by atoms with E-state index in [1.807, 2.05) is 0 Å². The summed E-state index contributed by atoms with van der Waals surface area (Å²) in [5.41, 5.74) is 0. The molecule has 3 unspecified atom stereocenters. The van der Waals surface area contributed by atoms with E-state index in [9.17, 15) is 4.79 Å². The highest BCUT2D eigenvalue weighted by Crippen LogP contribution is 2.25. The zero-order valence-corrected chi connectivity index (χ0v) is 10.1. The minimum Gasteiger partial charge on any atom is -0.469 e. The molecule has 3 heteroatoms. The molecule has 88 valence electrons. The van der Waals surface area contributed by atoms with E-state index in [1.165, 1.54) is 13.5 Å².